The average Bonchev–Trinajstić information content (AvgIpc) is 2.49. The molecular formula is C9H12ClN3O. The molecule has 0 bridgehead atoms. The third-order valence-corrected chi connectivity index (χ3v) is 2.53. The molecule has 0 radical (unpaired) electrons. The molecule has 0 aliphatic carbocycles. The van der Waals surface area contributed by atoms with E-state index in [-0.39, 0.29) is 5.91 Å². The van der Waals surface area contributed by atoms with Gasteiger partial charge in [0.15, 0.2) is 0 Å². The Balaban J connectivity index is 1.82. The molecule has 0 unspecified atom stereocenters. The summed E-state index contributed by atoms with van der Waals surface area (Å²) in [5, 5.41) is 6.55. The third kappa shape index (κ3) is 2.08. The molecule has 0 aromatic carbocycles. The second-order valence-electron chi connectivity index (χ2n) is 3.47. The van der Waals surface area contributed by atoms with E-state index < -0.39 is 0 Å². The van der Waals surface area contributed by atoms with Gasteiger partial charge in [-0.05, 0) is 6.07 Å². The number of aromatic amines is 1. The van der Waals surface area contributed by atoms with Crippen LogP contribution in [0.5, 0.6) is 0 Å². The van der Waals surface area contributed by atoms with Crippen molar-refractivity contribution in [2.75, 3.05) is 19.6 Å². The maximum absolute atomic E-state index is 11.5. The molecular weight excluding hydrogens is 202 g/mol. The predicted molar refractivity (Wildman–Crippen MR) is 54.5 cm³/mol. The van der Waals surface area contributed by atoms with Gasteiger partial charge in [0.25, 0.3) is 5.91 Å². The Hall–Kier alpha value is -1.00. The molecule has 3 N–H and O–H groups in total. The number of rotatable bonds is 3. The zero-order valence-electron chi connectivity index (χ0n) is 7.64. The Morgan fingerprint density at radius 1 is 1.64 bits per heavy atom. The second-order valence-corrected chi connectivity index (χ2v) is 3.90. The molecule has 1 saturated heterocycles. The minimum Gasteiger partial charge on any atom is -0.356 e. The Labute approximate surface area is 87.0 Å². The van der Waals surface area contributed by atoms with E-state index in [0.29, 0.717) is 16.6 Å². The van der Waals surface area contributed by atoms with Crippen LogP contribution < -0.4 is 10.6 Å². The first-order valence-corrected chi connectivity index (χ1v) is 4.96. The van der Waals surface area contributed by atoms with Gasteiger partial charge in [0.2, 0.25) is 0 Å². The van der Waals surface area contributed by atoms with E-state index in [0.717, 1.165) is 19.6 Å². The number of nitrogens with one attached hydrogen (secondary N) is 3. The van der Waals surface area contributed by atoms with Crippen LogP contribution in [-0.4, -0.2) is 30.5 Å². The Morgan fingerprint density at radius 2 is 2.43 bits per heavy atom. The van der Waals surface area contributed by atoms with Crippen LogP contribution in [0.3, 0.4) is 0 Å². The lowest BCUT2D eigenvalue weighted by molar-refractivity contribution is 0.0938. The molecule has 5 heteroatoms. The summed E-state index contributed by atoms with van der Waals surface area (Å²) in [6, 6.07) is 1.62. The van der Waals surface area contributed by atoms with Crippen molar-refractivity contribution in [3.8, 4) is 0 Å². The second kappa shape index (κ2) is 4.02. The molecule has 0 spiro atoms. The molecule has 1 amide bonds. The maximum atomic E-state index is 11.5. The first-order valence-electron chi connectivity index (χ1n) is 4.58. The van der Waals surface area contributed by atoms with Crippen LogP contribution in [0.1, 0.15) is 10.5 Å². The van der Waals surface area contributed by atoms with E-state index in [4.69, 9.17) is 11.6 Å². The minimum atomic E-state index is -0.0937. The van der Waals surface area contributed by atoms with Gasteiger partial charge in [-0.3, -0.25) is 4.79 Å². The summed E-state index contributed by atoms with van der Waals surface area (Å²) in [7, 11) is 0. The van der Waals surface area contributed by atoms with Gasteiger partial charge < -0.3 is 15.6 Å². The van der Waals surface area contributed by atoms with Crippen molar-refractivity contribution >= 4 is 17.5 Å². The van der Waals surface area contributed by atoms with Crippen molar-refractivity contribution in [2.45, 2.75) is 0 Å². The Kier molecular flexibility index (Phi) is 2.74. The summed E-state index contributed by atoms with van der Waals surface area (Å²) in [6.45, 7) is 2.71. The monoisotopic (exact) mass is 213 g/mol. The number of amides is 1. The highest BCUT2D eigenvalue weighted by Crippen LogP contribution is 2.09. The molecule has 0 saturated carbocycles. The van der Waals surface area contributed by atoms with Gasteiger partial charge in [-0.25, -0.2) is 0 Å². The van der Waals surface area contributed by atoms with Crippen LogP contribution in [0.2, 0.25) is 5.02 Å². The molecule has 1 aliphatic rings. The van der Waals surface area contributed by atoms with Crippen molar-refractivity contribution < 1.29 is 4.79 Å². The smallest absolute Gasteiger partial charge is 0.267 e. The van der Waals surface area contributed by atoms with E-state index in [2.05, 4.69) is 15.6 Å². The first-order chi connectivity index (χ1) is 6.75. The van der Waals surface area contributed by atoms with Crippen molar-refractivity contribution in [3.05, 3.63) is 23.0 Å². The molecule has 4 nitrogen and oxygen atoms in total. The topological polar surface area (TPSA) is 56.9 Å². The van der Waals surface area contributed by atoms with Crippen LogP contribution >= 0.6 is 11.6 Å². The van der Waals surface area contributed by atoms with Crippen LogP contribution in [0, 0.1) is 5.92 Å². The predicted octanol–water partition coefficient (Wildman–Crippen LogP) is 0.617. The van der Waals surface area contributed by atoms with Gasteiger partial charge in [-0.2, -0.15) is 0 Å². The molecule has 1 aromatic rings. The molecule has 2 heterocycles. The number of carbonyl (C=O) groups is 1. The number of carbonyl (C=O) groups excluding carboxylic acids is 1. The standard InChI is InChI=1S/C9H12ClN3O/c10-7-1-8(12-5-7)9(14)13-4-6-2-11-3-6/h1,5-6,11-12H,2-4H2,(H,13,14). The first kappa shape index (κ1) is 9.55. The summed E-state index contributed by atoms with van der Waals surface area (Å²) in [4.78, 5) is 14.3. The summed E-state index contributed by atoms with van der Waals surface area (Å²) >= 11 is 5.68. The van der Waals surface area contributed by atoms with E-state index in [1.807, 2.05) is 0 Å². The lowest BCUT2D eigenvalue weighted by Crippen LogP contribution is -2.48. The fourth-order valence-corrected chi connectivity index (χ4v) is 1.49. The lowest BCUT2D eigenvalue weighted by Gasteiger charge is -2.26. The SMILES string of the molecule is O=C(NCC1CNC1)c1cc(Cl)c[nH]1. The summed E-state index contributed by atoms with van der Waals surface area (Å²) < 4.78 is 0. The third-order valence-electron chi connectivity index (χ3n) is 2.31. The number of hydrogen-bond donors (Lipinski definition) is 3. The van der Waals surface area contributed by atoms with Gasteiger partial charge in [0, 0.05) is 31.7 Å². The van der Waals surface area contributed by atoms with E-state index in [9.17, 15) is 4.79 Å². The zero-order chi connectivity index (χ0) is 9.97. The average molecular weight is 214 g/mol. The van der Waals surface area contributed by atoms with Crippen LogP contribution in [0.4, 0.5) is 0 Å². The summed E-state index contributed by atoms with van der Waals surface area (Å²) in [5.74, 6) is 0.480. The molecule has 76 valence electrons. The van der Waals surface area contributed by atoms with Crippen LogP contribution in [0.25, 0.3) is 0 Å². The van der Waals surface area contributed by atoms with Gasteiger partial charge >= 0.3 is 0 Å². The highest BCUT2D eigenvalue weighted by Gasteiger charge is 2.17. The fourth-order valence-electron chi connectivity index (χ4n) is 1.32. The zero-order valence-corrected chi connectivity index (χ0v) is 8.40. The van der Waals surface area contributed by atoms with Gasteiger partial charge in [0.1, 0.15) is 5.69 Å². The highest BCUT2D eigenvalue weighted by atomic mass is 35.5. The van der Waals surface area contributed by atoms with Crippen molar-refractivity contribution in [1.82, 2.24) is 15.6 Å². The van der Waals surface area contributed by atoms with Gasteiger partial charge in [-0.15, -0.1) is 0 Å². The van der Waals surface area contributed by atoms with E-state index in [1.54, 1.807) is 12.3 Å². The fraction of sp³-hybridized carbons (Fsp3) is 0.444. The number of H-pyrrole nitrogens is 1. The summed E-state index contributed by atoms with van der Waals surface area (Å²) in [6.07, 6.45) is 1.60. The number of hydrogen-bond acceptors (Lipinski definition) is 2. The van der Waals surface area contributed by atoms with E-state index in [1.165, 1.54) is 0 Å². The molecule has 1 fully saturated rings. The Bertz CT molecular complexity index is 333. The lowest BCUT2D eigenvalue weighted by atomic mass is 10.0. The summed E-state index contributed by atoms with van der Waals surface area (Å²) in [5.41, 5.74) is 0.516. The molecule has 1 aromatic heterocycles. The van der Waals surface area contributed by atoms with Gasteiger partial charge in [-0.1, -0.05) is 11.6 Å². The van der Waals surface area contributed by atoms with E-state index >= 15 is 0 Å². The number of halogens is 1. The van der Waals surface area contributed by atoms with Crippen molar-refractivity contribution in [3.63, 3.8) is 0 Å². The van der Waals surface area contributed by atoms with Crippen LogP contribution in [-0.2, 0) is 0 Å². The quantitative estimate of drug-likeness (QED) is 0.690. The van der Waals surface area contributed by atoms with Gasteiger partial charge in [0.05, 0.1) is 5.02 Å². The minimum absolute atomic E-state index is 0.0937. The maximum Gasteiger partial charge on any atom is 0.267 e. The Morgan fingerprint density at radius 3 is 2.93 bits per heavy atom. The normalized spacial score (nSPS) is 16.4. The largest absolute Gasteiger partial charge is 0.356 e. The molecule has 14 heavy (non-hydrogen) atoms. The molecule has 0 atom stereocenters. The number of aromatic nitrogens is 1. The van der Waals surface area contributed by atoms with Crippen molar-refractivity contribution in [1.29, 1.82) is 0 Å². The molecule has 2 rings (SSSR count). The molecule has 1 aliphatic heterocycles. The van der Waals surface area contributed by atoms with Crippen molar-refractivity contribution in [2.24, 2.45) is 5.92 Å². The highest BCUT2D eigenvalue weighted by molar-refractivity contribution is 6.30. The van der Waals surface area contributed by atoms with Crippen LogP contribution in [0.15, 0.2) is 12.3 Å².